The first-order valence-corrected chi connectivity index (χ1v) is 6.83. The highest BCUT2D eigenvalue weighted by molar-refractivity contribution is 5.29. The molecule has 1 atom stereocenters. The first-order chi connectivity index (χ1) is 9.52. The average Bonchev–Trinajstić information content (AvgIpc) is 2.37. The molecule has 2 N–H and O–H groups in total. The van der Waals surface area contributed by atoms with Crippen LogP contribution in [0.4, 0.5) is 17.6 Å². The van der Waals surface area contributed by atoms with E-state index in [2.05, 4.69) is 0 Å². The molecule has 1 unspecified atom stereocenters. The number of alkyl halides is 3. The second-order valence-electron chi connectivity index (χ2n) is 5.80. The smallest absolute Gasteiger partial charge is 0.329 e. The van der Waals surface area contributed by atoms with Gasteiger partial charge in [-0.15, -0.1) is 0 Å². The summed E-state index contributed by atoms with van der Waals surface area (Å²) in [6.45, 7) is 6.04. The van der Waals surface area contributed by atoms with Crippen LogP contribution < -0.4 is 5.73 Å². The summed E-state index contributed by atoms with van der Waals surface area (Å²) < 4.78 is 52.0. The monoisotopic (exact) mass is 306 g/mol. The molecular weight excluding hydrogens is 284 g/mol. The molecule has 0 aliphatic heterocycles. The number of nitrogens with zero attached hydrogens (tertiary/aromatic N) is 1. The van der Waals surface area contributed by atoms with Crippen LogP contribution >= 0.6 is 0 Å². The Balaban J connectivity index is 3.26. The normalized spacial score (nSPS) is 14.6. The van der Waals surface area contributed by atoms with Crippen LogP contribution in [0, 0.1) is 5.82 Å². The minimum Gasteiger partial charge on any atom is -0.329 e. The SMILES string of the molecule is CCC(C)(C)N(C)C(CN)c1cc(F)cc(C(F)(F)F)c1. The predicted octanol–water partition coefficient (Wildman–Crippen LogP) is 3.96. The van der Waals surface area contributed by atoms with Crippen molar-refractivity contribution in [3.8, 4) is 0 Å². The van der Waals surface area contributed by atoms with Crippen LogP contribution in [-0.4, -0.2) is 24.0 Å². The Kier molecular flexibility index (Phi) is 5.39. The molecule has 0 spiro atoms. The highest BCUT2D eigenvalue weighted by Crippen LogP contribution is 2.34. The Morgan fingerprint density at radius 2 is 1.76 bits per heavy atom. The van der Waals surface area contributed by atoms with Gasteiger partial charge in [0.2, 0.25) is 0 Å². The van der Waals surface area contributed by atoms with E-state index in [0.717, 1.165) is 18.6 Å². The van der Waals surface area contributed by atoms with Crippen molar-refractivity contribution in [1.29, 1.82) is 0 Å². The van der Waals surface area contributed by atoms with Gasteiger partial charge < -0.3 is 5.73 Å². The number of rotatable bonds is 5. The first kappa shape index (κ1) is 17.9. The Morgan fingerprint density at radius 3 is 2.19 bits per heavy atom. The number of hydrogen-bond donors (Lipinski definition) is 1. The maximum Gasteiger partial charge on any atom is 0.416 e. The summed E-state index contributed by atoms with van der Waals surface area (Å²) in [7, 11) is 1.79. The lowest BCUT2D eigenvalue weighted by Crippen LogP contribution is -2.45. The molecule has 0 bridgehead atoms. The van der Waals surface area contributed by atoms with Crippen LogP contribution in [0.25, 0.3) is 0 Å². The van der Waals surface area contributed by atoms with E-state index in [4.69, 9.17) is 5.73 Å². The molecule has 0 fully saturated rings. The van der Waals surface area contributed by atoms with Gasteiger partial charge in [0.25, 0.3) is 0 Å². The van der Waals surface area contributed by atoms with Gasteiger partial charge in [0, 0.05) is 18.1 Å². The third-order valence-corrected chi connectivity index (χ3v) is 4.14. The van der Waals surface area contributed by atoms with Crippen molar-refractivity contribution < 1.29 is 17.6 Å². The molecule has 2 nitrogen and oxygen atoms in total. The third-order valence-electron chi connectivity index (χ3n) is 4.14. The molecule has 0 saturated carbocycles. The molecule has 0 radical (unpaired) electrons. The fraction of sp³-hybridized carbons (Fsp3) is 0.600. The van der Waals surface area contributed by atoms with Crippen molar-refractivity contribution in [2.45, 2.75) is 44.9 Å². The highest BCUT2D eigenvalue weighted by atomic mass is 19.4. The summed E-state index contributed by atoms with van der Waals surface area (Å²) in [5.41, 5.74) is 4.72. The summed E-state index contributed by atoms with van der Waals surface area (Å²) in [5.74, 6) is -0.902. The van der Waals surface area contributed by atoms with Crippen molar-refractivity contribution in [1.82, 2.24) is 4.90 Å². The summed E-state index contributed by atoms with van der Waals surface area (Å²) in [6, 6.07) is 2.12. The van der Waals surface area contributed by atoms with E-state index in [-0.39, 0.29) is 17.6 Å². The van der Waals surface area contributed by atoms with Crippen molar-refractivity contribution in [2.24, 2.45) is 5.73 Å². The molecule has 120 valence electrons. The molecular formula is C15H22F4N2. The van der Waals surface area contributed by atoms with E-state index >= 15 is 0 Å². The second kappa shape index (κ2) is 6.32. The topological polar surface area (TPSA) is 29.3 Å². The van der Waals surface area contributed by atoms with Crippen LogP contribution in [0.2, 0.25) is 0 Å². The number of likely N-dealkylation sites (N-methyl/N-ethyl adjacent to an activating group) is 1. The van der Waals surface area contributed by atoms with Gasteiger partial charge in [-0.25, -0.2) is 4.39 Å². The molecule has 1 aromatic rings. The zero-order valence-corrected chi connectivity index (χ0v) is 12.8. The molecule has 21 heavy (non-hydrogen) atoms. The van der Waals surface area contributed by atoms with E-state index in [1.807, 2.05) is 25.7 Å². The first-order valence-electron chi connectivity index (χ1n) is 6.83. The van der Waals surface area contributed by atoms with E-state index in [0.29, 0.717) is 6.07 Å². The number of hydrogen-bond acceptors (Lipinski definition) is 2. The van der Waals surface area contributed by atoms with Crippen molar-refractivity contribution in [2.75, 3.05) is 13.6 Å². The lowest BCUT2D eigenvalue weighted by atomic mass is 9.94. The molecule has 1 rings (SSSR count). The lowest BCUT2D eigenvalue weighted by molar-refractivity contribution is -0.137. The Morgan fingerprint density at radius 1 is 1.19 bits per heavy atom. The van der Waals surface area contributed by atoms with Crippen LogP contribution in [-0.2, 0) is 6.18 Å². The summed E-state index contributed by atoms with van der Waals surface area (Å²) in [5, 5.41) is 0. The molecule has 0 aliphatic carbocycles. The van der Waals surface area contributed by atoms with Gasteiger partial charge in [-0.2, -0.15) is 13.2 Å². The highest BCUT2D eigenvalue weighted by Gasteiger charge is 2.34. The van der Waals surface area contributed by atoms with Crippen molar-refractivity contribution >= 4 is 0 Å². The van der Waals surface area contributed by atoms with Crippen LogP contribution in [0.15, 0.2) is 18.2 Å². The van der Waals surface area contributed by atoms with E-state index in [9.17, 15) is 17.6 Å². The number of halogens is 4. The number of benzene rings is 1. The fourth-order valence-corrected chi connectivity index (χ4v) is 2.16. The average molecular weight is 306 g/mol. The Hall–Kier alpha value is -1.14. The zero-order valence-electron chi connectivity index (χ0n) is 12.8. The molecule has 0 amide bonds. The molecule has 0 saturated heterocycles. The minimum atomic E-state index is -4.57. The zero-order chi connectivity index (χ0) is 16.4. The summed E-state index contributed by atoms with van der Waals surface area (Å²) >= 11 is 0. The standard InChI is InChI=1S/C15H22F4N2/c1-5-14(2,3)21(4)13(9-20)10-6-11(15(17,18)19)8-12(16)7-10/h6-8,13H,5,9,20H2,1-4H3. The Bertz CT molecular complexity index is 483. The largest absolute Gasteiger partial charge is 0.416 e. The van der Waals surface area contributed by atoms with Gasteiger partial charge >= 0.3 is 6.18 Å². The quantitative estimate of drug-likeness (QED) is 0.834. The van der Waals surface area contributed by atoms with Crippen LogP contribution in [0.5, 0.6) is 0 Å². The summed E-state index contributed by atoms with van der Waals surface area (Å²) in [6.07, 6.45) is -3.78. The van der Waals surface area contributed by atoms with E-state index < -0.39 is 23.6 Å². The Labute approximate surface area is 122 Å². The van der Waals surface area contributed by atoms with Gasteiger partial charge in [0.15, 0.2) is 0 Å². The van der Waals surface area contributed by atoms with Gasteiger partial charge in [-0.3, -0.25) is 4.90 Å². The second-order valence-corrected chi connectivity index (χ2v) is 5.80. The maximum absolute atomic E-state index is 13.5. The van der Waals surface area contributed by atoms with Gasteiger partial charge in [-0.1, -0.05) is 6.92 Å². The van der Waals surface area contributed by atoms with Gasteiger partial charge in [0.05, 0.1) is 5.56 Å². The van der Waals surface area contributed by atoms with E-state index in [1.54, 1.807) is 7.05 Å². The number of nitrogens with two attached hydrogens (primary N) is 1. The van der Waals surface area contributed by atoms with Crippen molar-refractivity contribution in [3.05, 3.63) is 35.1 Å². The maximum atomic E-state index is 13.5. The summed E-state index contributed by atoms with van der Waals surface area (Å²) in [4.78, 5) is 1.89. The van der Waals surface area contributed by atoms with Crippen LogP contribution in [0.3, 0.4) is 0 Å². The van der Waals surface area contributed by atoms with Crippen LogP contribution in [0.1, 0.15) is 44.4 Å². The van der Waals surface area contributed by atoms with Gasteiger partial charge in [-0.05, 0) is 51.1 Å². The third kappa shape index (κ3) is 4.17. The van der Waals surface area contributed by atoms with Crippen molar-refractivity contribution in [3.63, 3.8) is 0 Å². The molecule has 1 aromatic carbocycles. The minimum absolute atomic E-state index is 0.112. The lowest BCUT2D eigenvalue weighted by Gasteiger charge is -2.40. The molecule has 0 heterocycles. The van der Waals surface area contributed by atoms with E-state index in [1.165, 1.54) is 0 Å². The van der Waals surface area contributed by atoms with Gasteiger partial charge in [0.1, 0.15) is 5.82 Å². The fourth-order valence-electron chi connectivity index (χ4n) is 2.16. The molecule has 0 aromatic heterocycles. The molecule has 0 aliphatic rings. The predicted molar refractivity (Wildman–Crippen MR) is 75.3 cm³/mol. The molecule has 6 heteroatoms.